The third-order valence-corrected chi connectivity index (χ3v) is 3.18. The van der Waals surface area contributed by atoms with E-state index in [2.05, 4.69) is 24.2 Å². The summed E-state index contributed by atoms with van der Waals surface area (Å²) in [4.78, 5) is 4.30. The second kappa shape index (κ2) is 11.4. The zero-order valence-electron chi connectivity index (χ0n) is 13.9. The van der Waals surface area contributed by atoms with Crippen molar-refractivity contribution in [2.45, 2.75) is 26.7 Å². The number of rotatable bonds is 8. The predicted octanol–water partition coefficient (Wildman–Crippen LogP) is 2.81. The van der Waals surface area contributed by atoms with Gasteiger partial charge in [-0.2, -0.15) is 0 Å². The minimum absolute atomic E-state index is 0. The van der Waals surface area contributed by atoms with Crippen LogP contribution in [0.5, 0.6) is 11.5 Å². The highest BCUT2D eigenvalue weighted by molar-refractivity contribution is 14.0. The fourth-order valence-electron chi connectivity index (χ4n) is 1.90. The Morgan fingerprint density at radius 2 is 2.00 bits per heavy atom. The Kier molecular flexibility index (Phi) is 10.8. The standard InChI is InChI=1S/C16H27N3O2.HI/c1-12(2)7-9-18-16(17)19-10-8-13-11-14(20-3)5-6-15(13)21-4;/h5-6,11-12H,7-10H2,1-4H3,(H3,17,18,19);1H. The summed E-state index contributed by atoms with van der Waals surface area (Å²) in [6.45, 7) is 5.82. The van der Waals surface area contributed by atoms with Crippen LogP contribution < -0.4 is 20.5 Å². The zero-order chi connectivity index (χ0) is 15.7. The van der Waals surface area contributed by atoms with Crippen LogP contribution in [0.1, 0.15) is 25.8 Å². The first kappa shape index (κ1) is 20.8. The van der Waals surface area contributed by atoms with Crippen molar-refractivity contribution in [3.05, 3.63) is 23.8 Å². The van der Waals surface area contributed by atoms with Crippen molar-refractivity contribution in [2.24, 2.45) is 16.6 Å². The second-order valence-corrected chi connectivity index (χ2v) is 5.30. The molecule has 0 bridgehead atoms. The Bertz CT molecular complexity index is 465. The number of hydrogen-bond donors (Lipinski definition) is 2. The molecule has 0 saturated carbocycles. The summed E-state index contributed by atoms with van der Waals surface area (Å²) in [5, 5.41) is 3.13. The molecule has 0 fully saturated rings. The van der Waals surface area contributed by atoms with Gasteiger partial charge in [-0.25, -0.2) is 0 Å². The highest BCUT2D eigenvalue weighted by atomic mass is 127. The van der Waals surface area contributed by atoms with Crippen molar-refractivity contribution >= 4 is 29.9 Å². The molecule has 126 valence electrons. The molecule has 0 amide bonds. The number of hydrogen-bond acceptors (Lipinski definition) is 3. The summed E-state index contributed by atoms with van der Waals surface area (Å²) >= 11 is 0. The number of nitrogens with one attached hydrogen (secondary N) is 1. The van der Waals surface area contributed by atoms with Gasteiger partial charge in [-0.1, -0.05) is 13.8 Å². The van der Waals surface area contributed by atoms with Gasteiger partial charge in [-0.05, 0) is 42.5 Å². The van der Waals surface area contributed by atoms with Crippen molar-refractivity contribution in [1.82, 2.24) is 5.32 Å². The van der Waals surface area contributed by atoms with Crippen LogP contribution in [0.4, 0.5) is 0 Å². The lowest BCUT2D eigenvalue weighted by Gasteiger charge is -2.11. The van der Waals surface area contributed by atoms with Gasteiger partial charge in [0, 0.05) is 13.1 Å². The van der Waals surface area contributed by atoms with Crippen LogP contribution in [0.3, 0.4) is 0 Å². The summed E-state index contributed by atoms with van der Waals surface area (Å²) in [5.41, 5.74) is 6.92. The molecule has 5 nitrogen and oxygen atoms in total. The maximum absolute atomic E-state index is 5.83. The van der Waals surface area contributed by atoms with E-state index in [1.807, 2.05) is 18.2 Å². The number of methoxy groups -OCH3 is 2. The molecule has 0 aliphatic rings. The van der Waals surface area contributed by atoms with Gasteiger partial charge in [-0.3, -0.25) is 4.99 Å². The number of ether oxygens (including phenoxy) is 2. The average molecular weight is 421 g/mol. The lowest BCUT2D eigenvalue weighted by molar-refractivity contribution is 0.398. The van der Waals surface area contributed by atoms with E-state index in [0.29, 0.717) is 18.4 Å². The summed E-state index contributed by atoms with van der Waals surface area (Å²) in [6, 6.07) is 5.78. The molecule has 0 atom stereocenters. The maximum Gasteiger partial charge on any atom is 0.188 e. The van der Waals surface area contributed by atoms with Crippen LogP contribution >= 0.6 is 24.0 Å². The van der Waals surface area contributed by atoms with Gasteiger partial charge in [-0.15, -0.1) is 24.0 Å². The molecule has 22 heavy (non-hydrogen) atoms. The van der Waals surface area contributed by atoms with Crippen LogP contribution in [0.15, 0.2) is 23.2 Å². The lowest BCUT2D eigenvalue weighted by Crippen LogP contribution is -2.33. The van der Waals surface area contributed by atoms with Crippen LogP contribution in [0.2, 0.25) is 0 Å². The van der Waals surface area contributed by atoms with Crippen molar-refractivity contribution in [2.75, 3.05) is 27.3 Å². The van der Waals surface area contributed by atoms with Crippen molar-refractivity contribution in [3.63, 3.8) is 0 Å². The Labute approximate surface area is 150 Å². The molecular formula is C16H28IN3O2. The van der Waals surface area contributed by atoms with Gasteiger partial charge < -0.3 is 20.5 Å². The van der Waals surface area contributed by atoms with Crippen molar-refractivity contribution < 1.29 is 9.47 Å². The first-order valence-electron chi connectivity index (χ1n) is 7.31. The van der Waals surface area contributed by atoms with Crippen LogP contribution in [-0.4, -0.2) is 33.3 Å². The van der Waals surface area contributed by atoms with Gasteiger partial charge in [0.25, 0.3) is 0 Å². The molecular weight excluding hydrogens is 393 g/mol. The minimum atomic E-state index is 0. The van der Waals surface area contributed by atoms with E-state index in [1.165, 1.54) is 0 Å². The minimum Gasteiger partial charge on any atom is -0.497 e. The van der Waals surface area contributed by atoms with Crippen LogP contribution in [0, 0.1) is 5.92 Å². The Morgan fingerprint density at radius 3 is 2.59 bits per heavy atom. The SMILES string of the molecule is COc1ccc(OC)c(CCNC(N)=NCCC(C)C)c1.I. The highest BCUT2D eigenvalue weighted by Gasteiger charge is 2.05. The number of benzene rings is 1. The normalized spacial score (nSPS) is 11.0. The molecule has 0 spiro atoms. The summed E-state index contributed by atoms with van der Waals surface area (Å²) in [7, 11) is 3.32. The fourth-order valence-corrected chi connectivity index (χ4v) is 1.90. The van der Waals surface area contributed by atoms with E-state index in [0.717, 1.165) is 36.4 Å². The third kappa shape index (κ3) is 7.72. The monoisotopic (exact) mass is 421 g/mol. The molecule has 0 aliphatic carbocycles. The molecule has 1 aromatic rings. The number of halogens is 1. The molecule has 1 rings (SSSR count). The Balaban J connectivity index is 0.00000441. The van der Waals surface area contributed by atoms with Gasteiger partial charge >= 0.3 is 0 Å². The molecule has 0 unspecified atom stereocenters. The molecule has 0 saturated heterocycles. The second-order valence-electron chi connectivity index (χ2n) is 5.30. The molecule has 0 radical (unpaired) electrons. The lowest BCUT2D eigenvalue weighted by atomic mass is 10.1. The Morgan fingerprint density at radius 1 is 1.27 bits per heavy atom. The van der Waals surface area contributed by atoms with Gasteiger partial charge in [0.05, 0.1) is 14.2 Å². The van der Waals surface area contributed by atoms with Gasteiger partial charge in [0.2, 0.25) is 0 Å². The van der Waals surface area contributed by atoms with Crippen LogP contribution in [-0.2, 0) is 6.42 Å². The summed E-state index contributed by atoms with van der Waals surface area (Å²) < 4.78 is 10.6. The molecule has 6 heteroatoms. The largest absolute Gasteiger partial charge is 0.497 e. The zero-order valence-corrected chi connectivity index (χ0v) is 16.2. The molecule has 0 heterocycles. The van der Waals surface area contributed by atoms with E-state index in [-0.39, 0.29) is 24.0 Å². The van der Waals surface area contributed by atoms with Crippen molar-refractivity contribution in [1.29, 1.82) is 0 Å². The predicted molar refractivity (Wildman–Crippen MR) is 103 cm³/mol. The van der Waals surface area contributed by atoms with Crippen LogP contribution in [0.25, 0.3) is 0 Å². The van der Waals surface area contributed by atoms with E-state index >= 15 is 0 Å². The van der Waals surface area contributed by atoms with E-state index in [1.54, 1.807) is 14.2 Å². The smallest absolute Gasteiger partial charge is 0.188 e. The summed E-state index contributed by atoms with van der Waals surface area (Å²) in [6.07, 6.45) is 1.84. The average Bonchev–Trinajstić information content (AvgIpc) is 2.46. The maximum atomic E-state index is 5.83. The Hall–Kier alpha value is -1.18. The van der Waals surface area contributed by atoms with Gasteiger partial charge in [0.15, 0.2) is 5.96 Å². The molecule has 0 aliphatic heterocycles. The van der Waals surface area contributed by atoms with E-state index < -0.39 is 0 Å². The van der Waals surface area contributed by atoms with Gasteiger partial charge in [0.1, 0.15) is 11.5 Å². The quantitative estimate of drug-likeness (QED) is 0.385. The molecule has 3 N–H and O–H groups in total. The highest BCUT2D eigenvalue weighted by Crippen LogP contribution is 2.23. The van der Waals surface area contributed by atoms with E-state index in [4.69, 9.17) is 15.2 Å². The van der Waals surface area contributed by atoms with E-state index in [9.17, 15) is 0 Å². The number of nitrogens with two attached hydrogens (primary N) is 1. The third-order valence-electron chi connectivity index (χ3n) is 3.18. The number of aliphatic imine (C=N–C) groups is 1. The topological polar surface area (TPSA) is 68.9 Å². The molecule has 1 aromatic carbocycles. The first-order valence-corrected chi connectivity index (χ1v) is 7.31. The fraction of sp³-hybridized carbons (Fsp3) is 0.562. The number of guanidine groups is 1. The number of nitrogens with zero attached hydrogens (tertiary/aromatic N) is 1. The van der Waals surface area contributed by atoms with Crippen molar-refractivity contribution in [3.8, 4) is 11.5 Å². The molecule has 0 aromatic heterocycles. The first-order chi connectivity index (χ1) is 10.1. The summed E-state index contributed by atoms with van der Waals surface area (Å²) in [5.74, 6) is 2.82.